The number of rotatable bonds is 17. The zero-order valence-electron chi connectivity index (χ0n) is 20.5. The van der Waals surface area contributed by atoms with Crippen molar-refractivity contribution in [2.24, 2.45) is 0 Å². The summed E-state index contributed by atoms with van der Waals surface area (Å²) in [7, 11) is 0. The third-order valence-corrected chi connectivity index (χ3v) is 5.59. The first-order valence-electron chi connectivity index (χ1n) is 12.3. The molecule has 0 aliphatic carbocycles. The summed E-state index contributed by atoms with van der Waals surface area (Å²) in [6.45, 7) is 4.13. The first kappa shape index (κ1) is 30.2. The van der Waals surface area contributed by atoms with Gasteiger partial charge in [0.05, 0.1) is 6.61 Å². The molecule has 11 heteroatoms. The van der Waals surface area contributed by atoms with Gasteiger partial charge in [0.25, 0.3) is 0 Å². The van der Waals surface area contributed by atoms with Crippen molar-refractivity contribution in [3.8, 4) is 0 Å². The van der Waals surface area contributed by atoms with Crippen LogP contribution in [0.3, 0.4) is 0 Å². The second-order valence-electron chi connectivity index (χ2n) is 8.63. The number of nitrogens with one attached hydrogen (secondary N) is 3. The quantitative estimate of drug-likeness (QED) is 0.152. The molecule has 3 amide bonds. The molecule has 1 saturated heterocycles. The normalized spacial score (nSPS) is 24.4. The number of aliphatic hydroxyl groups excluding tert-OH is 3. The zero-order valence-corrected chi connectivity index (χ0v) is 20.5. The maximum atomic E-state index is 11.9. The van der Waals surface area contributed by atoms with Gasteiger partial charge in [-0.3, -0.25) is 14.4 Å². The van der Waals surface area contributed by atoms with Gasteiger partial charge >= 0.3 is 0 Å². The summed E-state index contributed by atoms with van der Waals surface area (Å²) in [5.74, 6) is -0.452. The van der Waals surface area contributed by atoms with Gasteiger partial charge in [0.1, 0.15) is 24.4 Å². The fourth-order valence-corrected chi connectivity index (χ4v) is 3.63. The van der Waals surface area contributed by atoms with Gasteiger partial charge in [-0.25, -0.2) is 0 Å². The summed E-state index contributed by atoms with van der Waals surface area (Å²) >= 11 is 0. The highest BCUT2D eigenvalue weighted by Crippen LogP contribution is 2.22. The Morgan fingerprint density at radius 3 is 2.06 bits per heavy atom. The fraction of sp³-hybridized carbons (Fsp3) is 0.870. The van der Waals surface area contributed by atoms with Crippen LogP contribution in [-0.4, -0.2) is 90.0 Å². The van der Waals surface area contributed by atoms with Crippen LogP contribution in [0.15, 0.2) is 0 Å². The molecule has 1 aliphatic rings. The molecule has 6 N–H and O–H groups in total. The van der Waals surface area contributed by atoms with Crippen LogP contribution in [0, 0.1) is 0 Å². The molecule has 0 spiro atoms. The number of aliphatic hydroxyl groups is 3. The average Bonchev–Trinajstić information content (AvgIpc) is 2.80. The third-order valence-electron chi connectivity index (χ3n) is 5.59. The molecule has 1 heterocycles. The van der Waals surface area contributed by atoms with E-state index in [1.807, 2.05) is 0 Å². The molecule has 0 aromatic rings. The van der Waals surface area contributed by atoms with Crippen LogP contribution < -0.4 is 16.0 Å². The van der Waals surface area contributed by atoms with Crippen molar-refractivity contribution in [3.05, 3.63) is 0 Å². The topological polar surface area (TPSA) is 166 Å². The molecule has 0 bridgehead atoms. The van der Waals surface area contributed by atoms with Crippen molar-refractivity contribution >= 4 is 17.7 Å². The Balaban J connectivity index is 2.16. The van der Waals surface area contributed by atoms with Crippen LogP contribution in [0.25, 0.3) is 0 Å². The van der Waals surface area contributed by atoms with Gasteiger partial charge in [-0.15, -0.1) is 0 Å². The summed E-state index contributed by atoms with van der Waals surface area (Å²) in [6, 6.07) is -0.976. The summed E-state index contributed by atoms with van der Waals surface area (Å²) in [4.78, 5) is 35.0. The maximum Gasteiger partial charge on any atom is 0.219 e. The Hall–Kier alpha value is -1.79. The van der Waals surface area contributed by atoms with Crippen LogP contribution >= 0.6 is 0 Å². The molecular formula is C23H43N3O8. The van der Waals surface area contributed by atoms with Gasteiger partial charge in [0.2, 0.25) is 17.7 Å². The molecule has 1 aliphatic heterocycles. The highest BCUT2D eigenvalue weighted by Gasteiger charge is 2.45. The zero-order chi connectivity index (χ0) is 25.3. The van der Waals surface area contributed by atoms with Crippen molar-refractivity contribution in [2.75, 3.05) is 26.3 Å². The number of unbranched alkanes of at least 4 members (excludes halogenated alkanes) is 4. The molecule has 0 saturated carbocycles. The molecule has 1 rings (SSSR count). The summed E-state index contributed by atoms with van der Waals surface area (Å²) in [6.07, 6.45) is 2.13. The lowest BCUT2D eigenvalue weighted by Crippen LogP contribution is -2.64. The molecule has 1 fully saturated rings. The molecule has 34 heavy (non-hydrogen) atoms. The molecule has 198 valence electrons. The van der Waals surface area contributed by atoms with Gasteiger partial charge in [0, 0.05) is 39.5 Å². The third kappa shape index (κ3) is 12.1. The Labute approximate surface area is 202 Å². The Bertz CT molecular complexity index is 607. The van der Waals surface area contributed by atoms with Gasteiger partial charge in [0.15, 0.2) is 6.29 Å². The van der Waals surface area contributed by atoms with Gasteiger partial charge in [-0.05, 0) is 25.7 Å². The smallest absolute Gasteiger partial charge is 0.219 e. The Morgan fingerprint density at radius 2 is 1.50 bits per heavy atom. The van der Waals surface area contributed by atoms with Crippen molar-refractivity contribution in [1.82, 2.24) is 16.0 Å². The predicted octanol–water partition coefficient (Wildman–Crippen LogP) is -0.290. The van der Waals surface area contributed by atoms with Gasteiger partial charge in [-0.1, -0.05) is 26.2 Å². The summed E-state index contributed by atoms with van der Waals surface area (Å²) in [5, 5.41) is 37.7. The molecule has 3 unspecified atom stereocenters. The molecule has 0 aromatic heterocycles. The van der Waals surface area contributed by atoms with E-state index in [2.05, 4.69) is 22.9 Å². The lowest BCUT2D eigenvalue weighted by molar-refractivity contribution is -0.270. The van der Waals surface area contributed by atoms with E-state index in [0.29, 0.717) is 45.2 Å². The lowest BCUT2D eigenvalue weighted by atomic mass is 9.97. The van der Waals surface area contributed by atoms with E-state index >= 15 is 0 Å². The fourth-order valence-electron chi connectivity index (χ4n) is 3.63. The average molecular weight is 490 g/mol. The van der Waals surface area contributed by atoms with Crippen molar-refractivity contribution in [3.63, 3.8) is 0 Å². The largest absolute Gasteiger partial charge is 0.394 e. The van der Waals surface area contributed by atoms with Gasteiger partial charge < -0.3 is 40.7 Å². The predicted molar refractivity (Wildman–Crippen MR) is 125 cm³/mol. The van der Waals surface area contributed by atoms with E-state index in [9.17, 15) is 29.7 Å². The number of hydrogen-bond acceptors (Lipinski definition) is 8. The van der Waals surface area contributed by atoms with Crippen LogP contribution in [0.5, 0.6) is 0 Å². The standard InChI is InChI=1S/C23H43N3O8/c1-3-4-5-6-10-18(29)24-12-9-13-25-19(30)11-7-8-14-33-23-20(26-16(2)28)22(32)21(31)17(15-27)34-23/h17,20-23,27,31-32H,3-15H2,1-2H3,(H,24,29)(H,25,30)(H,26,28)/t17?,20?,21-,22?,23+/m0/s1. The van der Waals surface area contributed by atoms with Crippen LogP contribution in [0.2, 0.25) is 0 Å². The number of carbonyl (C=O) groups excluding carboxylic acids is 3. The summed E-state index contributed by atoms with van der Waals surface area (Å²) in [5.41, 5.74) is 0. The van der Waals surface area contributed by atoms with E-state index in [-0.39, 0.29) is 18.4 Å². The highest BCUT2D eigenvalue weighted by atomic mass is 16.7. The van der Waals surface area contributed by atoms with E-state index < -0.39 is 43.2 Å². The van der Waals surface area contributed by atoms with Crippen molar-refractivity contribution < 1.29 is 39.2 Å². The highest BCUT2D eigenvalue weighted by molar-refractivity contribution is 5.76. The van der Waals surface area contributed by atoms with Crippen LogP contribution in [0.1, 0.15) is 71.6 Å². The summed E-state index contributed by atoms with van der Waals surface area (Å²) < 4.78 is 11.1. The number of ether oxygens (including phenoxy) is 2. The van der Waals surface area contributed by atoms with E-state index in [0.717, 1.165) is 25.7 Å². The minimum absolute atomic E-state index is 0.0532. The Morgan fingerprint density at radius 1 is 0.882 bits per heavy atom. The molecule has 0 aromatic carbocycles. The molecular weight excluding hydrogens is 446 g/mol. The molecule has 11 nitrogen and oxygen atoms in total. The number of amides is 3. The second-order valence-corrected chi connectivity index (χ2v) is 8.63. The minimum Gasteiger partial charge on any atom is -0.394 e. The van der Waals surface area contributed by atoms with Crippen LogP contribution in [0.4, 0.5) is 0 Å². The molecule has 0 radical (unpaired) electrons. The second kappa shape index (κ2) is 17.6. The van der Waals surface area contributed by atoms with Crippen molar-refractivity contribution in [2.45, 2.75) is 102 Å². The van der Waals surface area contributed by atoms with E-state index in [1.165, 1.54) is 6.92 Å². The van der Waals surface area contributed by atoms with Crippen LogP contribution in [-0.2, 0) is 23.9 Å². The number of carbonyl (C=O) groups is 3. The van der Waals surface area contributed by atoms with E-state index in [4.69, 9.17) is 9.47 Å². The maximum absolute atomic E-state index is 11.9. The van der Waals surface area contributed by atoms with Gasteiger partial charge in [-0.2, -0.15) is 0 Å². The van der Waals surface area contributed by atoms with E-state index in [1.54, 1.807) is 0 Å². The van der Waals surface area contributed by atoms with Crippen molar-refractivity contribution in [1.29, 1.82) is 0 Å². The monoisotopic (exact) mass is 489 g/mol. The first-order chi connectivity index (χ1) is 16.3. The lowest BCUT2D eigenvalue weighted by Gasteiger charge is -2.42. The minimum atomic E-state index is -1.36. The first-order valence-corrected chi connectivity index (χ1v) is 12.3. The number of hydrogen-bond donors (Lipinski definition) is 6. The molecule has 5 atom stereocenters. The Kier molecular flexibility index (Phi) is 15.7. The SMILES string of the molecule is CCCCCCC(=O)NCCCNC(=O)CCCCO[C@@H]1OC(CO)[C@H](O)C(O)C1NC(C)=O.